The quantitative estimate of drug-likeness (QED) is 0.0843. The van der Waals surface area contributed by atoms with Crippen LogP contribution in [0.4, 0.5) is 0 Å². The normalized spacial score (nSPS) is 55.2. The molecule has 4 saturated carbocycles. The first-order valence-corrected chi connectivity index (χ1v) is 24.2. The summed E-state index contributed by atoms with van der Waals surface area (Å²) in [4.78, 5) is 14.4. The van der Waals surface area contributed by atoms with Gasteiger partial charge < -0.3 is 94.8 Å². The minimum absolute atomic E-state index is 0.0239. The molecule has 0 radical (unpaired) electrons. The Labute approximate surface area is 390 Å². The Kier molecular flexibility index (Phi) is 14.6. The van der Waals surface area contributed by atoms with E-state index in [1.165, 1.54) is 12.5 Å². The lowest BCUT2D eigenvalue weighted by atomic mass is 9.38. The summed E-state index contributed by atoms with van der Waals surface area (Å²) in [6.45, 7) is 9.93. The summed E-state index contributed by atoms with van der Waals surface area (Å²) < 4.78 is 34.3. The van der Waals surface area contributed by atoms with E-state index in [0.717, 1.165) is 6.42 Å². The van der Waals surface area contributed by atoms with Crippen molar-refractivity contribution < 1.29 is 99.6 Å². The lowest BCUT2D eigenvalue weighted by molar-refractivity contribution is -0.361. The lowest BCUT2D eigenvalue weighted by Crippen LogP contribution is -2.68. The number of carbonyl (C=O) groups is 1. The van der Waals surface area contributed by atoms with Crippen molar-refractivity contribution in [2.45, 2.75) is 197 Å². The molecule has 13 N–H and O–H groups in total. The molecule has 3 heterocycles. The fraction of sp³-hybridized carbons (Fsp3) is 0.936. The SMILES string of the molecule is CC1OC(O[C@@H]2C(CO)OC(OCC3OC(OC(=O)C4CC(C)(C)CC5C6=CCC7C(CC(O)C8C(C)(CO)C(O)C(O)CC78C)C6(C)CCC45)C(O)C(O)[C@@H]3O)C(O)C2O)C(O)C(O)[C@H]1O. The average molecular weight is 961 g/mol. The van der Waals surface area contributed by atoms with Gasteiger partial charge in [-0.3, -0.25) is 4.79 Å². The predicted molar refractivity (Wildman–Crippen MR) is 228 cm³/mol. The second-order valence-corrected chi connectivity index (χ2v) is 23.0. The summed E-state index contributed by atoms with van der Waals surface area (Å²) in [7, 11) is 0. The number of aliphatic hydroxyl groups is 13. The van der Waals surface area contributed by atoms with Gasteiger partial charge in [0.1, 0.15) is 67.1 Å². The lowest BCUT2D eigenvalue weighted by Gasteiger charge is -2.68. The average Bonchev–Trinajstić information content (AvgIpc) is 3.27. The number of fused-ring (bicyclic) bond motifs is 7. The van der Waals surface area contributed by atoms with Crippen LogP contribution >= 0.6 is 0 Å². The zero-order valence-corrected chi connectivity index (χ0v) is 39.2. The molecular formula is C47H76O20. The van der Waals surface area contributed by atoms with Gasteiger partial charge in [0.25, 0.3) is 0 Å². The summed E-state index contributed by atoms with van der Waals surface area (Å²) in [5.74, 6) is -1.79. The molecule has 0 aromatic heterocycles. The number of hydrogen-bond donors (Lipinski definition) is 13. The Morgan fingerprint density at radius 3 is 2.03 bits per heavy atom. The molecule has 5 aliphatic carbocycles. The smallest absolute Gasteiger partial charge is 0.311 e. The van der Waals surface area contributed by atoms with Crippen LogP contribution in [-0.4, -0.2) is 203 Å². The number of carbonyl (C=O) groups excluding carboxylic acids is 1. The highest BCUT2D eigenvalue weighted by molar-refractivity contribution is 5.73. The van der Waals surface area contributed by atoms with Gasteiger partial charge in [0, 0.05) is 11.3 Å². The molecule has 27 atom stereocenters. The van der Waals surface area contributed by atoms with E-state index in [2.05, 4.69) is 33.8 Å². The van der Waals surface area contributed by atoms with Crippen LogP contribution in [0.1, 0.15) is 86.5 Å². The van der Waals surface area contributed by atoms with Crippen LogP contribution in [0.2, 0.25) is 0 Å². The maximum Gasteiger partial charge on any atom is 0.311 e. The highest BCUT2D eigenvalue weighted by Crippen LogP contribution is 2.70. The summed E-state index contributed by atoms with van der Waals surface area (Å²) in [6, 6.07) is 0. The van der Waals surface area contributed by atoms with Gasteiger partial charge in [-0.05, 0) is 91.8 Å². The van der Waals surface area contributed by atoms with Crippen molar-refractivity contribution in [2.24, 2.45) is 57.2 Å². The second kappa shape index (κ2) is 18.8. The molecule has 0 amide bonds. The Balaban J connectivity index is 0.942. The van der Waals surface area contributed by atoms with E-state index in [1.807, 2.05) is 0 Å². The van der Waals surface area contributed by atoms with Gasteiger partial charge in [-0.2, -0.15) is 0 Å². The van der Waals surface area contributed by atoms with Crippen molar-refractivity contribution in [1.29, 1.82) is 0 Å². The van der Waals surface area contributed by atoms with Crippen LogP contribution in [0.15, 0.2) is 11.6 Å². The zero-order chi connectivity index (χ0) is 49.0. The third-order valence-corrected chi connectivity index (χ3v) is 18.3. The Bertz CT molecular complexity index is 1800. The number of allylic oxidation sites excluding steroid dienone is 2. The molecule has 8 rings (SSSR count). The van der Waals surface area contributed by atoms with Gasteiger partial charge in [0.2, 0.25) is 6.29 Å². The first-order chi connectivity index (χ1) is 31.3. The van der Waals surface area contributed by atoms with Gasteiger partial charge in [0.05, 0.1) is 50.2 Å². The number of aliphatic hydroxyl groups excluding tert-OH is 13. The van der Waals surface area contributed by atoms with Crippen LogP contribution in [0.5, 0.6) is 0 Å². The Morgan fingerprint density at radius 2 is 1.36 bits per heavy atom. The molecule has 7 fully saturated rings. The van der Waals surface area contributed by atoms with Gasteiger partial charge in [-0.1, -0.05) is 46.3 Å². The fourth-order valence-electron chi connectivity index (χ4n) is 14.8. The molecule has 3 saturated heterocycles. The Morgan fingerprint density at radius 1 is 0.716 bits per heavy atom. The van der Waals surface area contributed by atoms with Crippen molar-refractivity contribution in [3.63, 3.8) is 0 Å². The minimum Gasteiger partial charge on any atom is -0.432 e. The highest BCUT2D eigenvalue weighted by atomic mass is 16.8. The first kappa shape index (κ1) is 51.8. The Hall–Kier alpha value is -1.51. The summed E-state index contributed by atoms with van der Waals surface area (Å²) in [5, 5.41) is 141. The van der Waals surface area contributed by atoms with E-state index in [0.29, 0.717) is 38.5 Å². The standard InChI is InChI=1S/C47H76O20/c1-18-29(52)31(54)34(57)42(63-18)66-37-27(15-48)64-41(36(59)33(37)56)62-16-28-30(53)32(55)35(58)43(65-28)67-40(61)21-13-44(2,3)12-20-19(21)9-10-45(4)22(20)7-8-23-24(45)11-25(50)38-46(23,5)14-26(51)39(60)47(38,6)17-49/h7,18-21,23-39,41-43,48-60H,8-17H2,1-6H3/t18?,19?,20?,21?,23?,24?,25?,26?,27?,28?,29-,30+,31?,32?,33?,34?,35?,36?,37+,38?,39?,41?,42?,43?,45?,46?,47?/m0/s1. The van der Waals surface area contributed by atoms with Crippen molar-refractivity contribution in [3.8, 4) is 0 Å². The van der Waals surface area contributed by atoms with Gasteiger partial charge in [0.15, 0.2) is 12.6 Å². The molecule has 0 bridgehead atoms. The van der Waals surface area contributed by atoms with Crippen molar-refractivity contribution in [2.75, 3.05) is 19.8 Å². The van der Waals surface area contributed by atoms with Crippen molar-refractivity contribution in [3.05, 3.63) is 11.6 Å². The van der Waals surface area contributed by atoms with E-state index in [9.17, 15) is 71.2 Å². The third-order valence-electron chi connectivity index (χ3n) is 18.3. The molecular weight excluding hydrogens is 884 g/mol. The van der Waals surface area contributed by atoms with Crippen LogP contribution in [0, 0.1) is 57.2 Å². The molecule has 0 aromatic carbocycles. The fourth-order valence-corrected chi connectivity index (χ4v) is 14.8. The second-order valence-electron chi connectivity index (χ2n) is 23.0. The molecule has 20 heteroatoms. The minimum atomic E-state index is -1.87. The van der Waals surface area contributed by atoms with Gasteiger partial charge in [-0.25, -0.2) is 0 Å². The molecule has 67 heavy (non-hydrogen) atoms. The first-order valence-electron chi connectivity index (χ1n) is 24.2. The topological polar surface area (TPSA) is 335 Å². The van der Waals surface area contributed by atoms with E-state index < -0.39 is 152 Å². The molecule has 20 nitrogen and oxygen atoms in total. The summed E-state index contributed by atoms with van der Waals surface area (Å²) in [5.41, 5.74) is -1.10. The van der Waals surface area contributed by atoms with Crippen LogP contribution in [0.25, 0.3) is 0 Å². The monoisotopic (exact) mass is 960 g/mol. The highest BCUT2D eigenvalue weighted by Gasteiger charge is 2.68. The summed E-state index contributed by atoms with van der Waals surface area (Å²) in [6.07, 6.45) is -21.1. The van der Waals surface area contributed by atoms with E-state index in [-0.39, 0.29) is 41.1 Å². The van der Waals surface area contributed by atoms with E-state index >= 15 is 0 Å². The predicted octanol–water partition coefficient (Wildman–Crippen LogP) is -2.45. The number of rotatable bonds is 9. The number of hydrogen-bond acceptors (Lipinski definition) is 20. The maximum absolute atomic E-state index is 14.4. The largest absolute Gasteiger partial charge is 0.432 e. The van der Waals surface area contributed by atoms with Crippen LogP contribution < -0.4 is 0 Å². The van der Waals surface area contributed by atoms with Gasteiger partial charge in [-0.15, -0.1) is 0 Å². The van der Waals surface area contributed by atoms with E-state index in [1.54, 1.807) is 6.92 Å². The maximum atomic E-state index is 14.4. The van der Waals surface area contributed by atoms with Crippen LogP contribution in [0.3, 0.4) is 0 Å². The van der Waals surface area contributed by atoms with Crippen LogP contribution in [-0.2, 0) is 33.2 Å². The van der Waals surface area contributed by atoms with Crippen molar-refractivity contribution >= 4 is 5.97 Å². The number of ether oxygens (including phenoxy) is 6. The summed E-state index contributed by atoms with van der Waals surface area (Å²) >= 11 is 0. The molecule has 24 unspecified atom stereocenters. The number of esters is 1. The molecule has 0 aromatic rings. The zero-order valence-electron chi connectivity index (χ0n) is 39.2. The van der Waals surface area contributed by atoms with E-state index in [4.69, 9.17) is 28.4 Å². The molecule has 0 spiro atoms. The van der Waals surface area contributed by atoms with Crippen molar-refractivity contribution in [1.82, 2.24) is 0 Å². The molecule has 384 valence electrons. The third kappa shape index (κ3) is 8.66. The molecule has 3 aliphatic heterocycles. The van der Waals surface area contributed by atoms with Gasteiger partial charge >= 0.3 is 5.97 Å². The molecule has 8 aliphatic rings.